The number of para-hydroxylation sites is 1. The first-order chi connectivity index (χ1) is 9.68. The number of halogens is 1. The van der Waals surface area contributed by atoms with Gasteiger partial charge in [-0.1, -0.05) is 31.0 Å². The van der Waals surface area contributed by atoms with Crippen LogP contribution in [0.3, 0.4) is 0 Å². The number of benzene rings is 1. The fraction of sp³-hybridized carbons (Fsp3) is 0.562. The highest BCUT2D eigenvalue weighted by Gasteiger charge is 2.46. The van der Waals surface area contributed by atoms with Crippen molar-refractivity contribution in [3.8, 4) is 0 Å². The molecule has 1 atom stereocenters. The fourth-order valence-corrected chi connectivity index (χ4v) is 3.76. The third-order valence-corrected chi connectivity index (χ3v) is 4.72. The summed E-state index contributed by atoms with van der Waals surface area (Å²) in [6, 6.07) is 7.71. The number of methoxy groups -OCH3 is 1. The largest absolute Gasteiger partial charge is 0.383 e. The predicted octanol–water partition coefficient (Wildman–Crippen LogP) is 2.24. The lowest BCUT2D eigenvalue weighted by Crippen LogP contribution is -2.47. The average Bonchev–Trinajstić information content (AvgIpc) is 3.06. The minimum absolute atomic E-state index is 0. The lowest BCUT2D eigenvalue weighted by molar-refractivity contribution is -0.120. The Hall–Kier alpha value is -1.10. The second-order valence-electron chi connectivity index (χ2n) is 5.99. The normalized spacial score (nSPS) is 20.2. The summed E-state index contributed by atoms with van der Waals surface area (Å²) in [5.41, 5.74) is 8.48. The summed E-state index contributed by atoms with van der Waals surface area (Å²) >= 11 is 0. The maximum Gasteiger partial charge on any atom is 0.246 e. The van der Waals surface area contributed by atoms with Gasteiger partial charge in [0.1, 0.15) is 6.04 Å². The van der Waals surface area contributed by atoms with Crippen molar-refractivity contribution in [2.45, 2.75) is 37.1 Å². The molecular formula is C16H23ClN2O2. The number of anilines is 1. The molecular weight excluding hydrogens is 288 g/mol. The molecule has 1 aromatic rings. The van der Waals surface area contributed by atoms with Gasteiger partial charge in [-0.25, -0.2) is 0 Å². The SMILES string of the molecule is COCC(N)C(=O)N1CC2(CCCC2)c2ccccc21.Cl. The van der Waals surface area contributed by atoms with E-state index in [1.807, 2.05) is 17.0 Å². The first-order valence-corrected chi connectivity index (χ1v) is 7.33. The summed E-state index contributed by atoms with van der Waals surface area (Å²) < 4.78 is 5.02. The van der Waals surface area contributed by atoms with E-state index in [1.165, 1.54) is 31.2 Å². The van der Waals surface area contributed by atoms with Crippen molar-refractivity contribution in [3.05, 3.63) is 29.8 Å². The number of hydrogen-bond donors (Lipinski definition) is 1. The van der Waals surface area contributed by atoms with Crippen LogP contribution in [0.5, 0.6) is 0 Å². The van der Waals surface area contributed by atoms with Crippen LogP contribution in [0.15, 0.2) is 24.3 Å². The number of nitrogens with two attached hydrogens (primary N) is 1. The number of ether oxygens (including phenoxy) is 1. The number of carbonyl (C=O) groups is 1. The van der Waals surface area contributed by atoms with E-state index in [0.29, 0.717) is 0 Å². The summed E-state index contributed by atoms with van der Waals surface area (Å²) in [5.74, 6) is -0.0249. The Morgan fingerprint density at radius 1 is 1.38 bits per heavy atom. The van der Waals surface area contributed by atoms with Crippen LogP contribution in [0.1, 0.15) is 31.2 Å². The van der Waals surface area contributed by atoms with E-state index in [1.54, 1.807) is 7.11 Å². The van der Waals surface area contributed by atoms with Crippen molar-refractivity contribution in [2.75, 3.05) is 25.2 Å². The van der Waals surface area contributed by atoms with Gasteiger partial charge in [0.05, 0.1) is 6.61 Å². The maximum atomic E-state index is 12.6. The Kier molecular flexibility index (Phi) is 4.91. The monoisotopic (exact) mass is 310 g/mol. The zero-order chi connectivity index (χ0) is 14.2. The molecule has 0 bridgehead atoms. The highest BCUT2D eigenvalue weighted by Crippen LogP contribution is 2.50. The molecule has 116 valence electrons. The third-order valence-electron chi connectivity index (χ3n) is 4.72. The number of fused-ring (bicyclic) bond motifs is 2. The Bertz CT molecular complexity index is 515. The molecule has 2 aliphatic rings. The number of carbonyl (C=O) groups excluding carboxylic acids is 1. The second kappa shape index (κ2) is 6.34. The minimum atomic E-state index is -0.579. The van der Waals surface area contributed by atoms with E-state index < -0.39 is 6.04 Å². The van der Waals surface area contributed by atoms with Crippen LogP contribution in [-0.4, -0.2) is 32.2 Å². The van der Waals surface area contributed by atoms with Gasteiger partial charge < -0.3 is 15.4 Å². The summed E-state index contributed by atoms with van der Waals surface area (Å²) in [6.07, 6.45) is 4.85. The maximum absolute atomic E-state index is 12.6. The van der Waals surface area contributed by atoms with E-state index in [2.05, 4.69) is 12.1 Å². The zero-order valence-corrected chi connectivity index (χ0v) is 13.2. The first kappa shape index (κ1) is 16.3. The highest BCUT2D eigenvalue weighted by atomic mass is 35.5. The molecule has 1 unspecified atom stereocenters. The molecule has 21 heavy (non-hydrogen) atoms. The molecule has 1 aliphatic carbocycles. The van der Waals surface area contributed by atoms with Crippen molar-refractivity contribution in [2.24, 2.45) is 5.73 Å². The average molecular weight is 311 g/mol. The van der Waals surface area contributed by atoms with Gasteiger partial charge in [-0.15, -0.1) is 12.4 Å². The zero-order valence-electron chi connectivity index (χ0n) is 12.4. The number of amides is 1. The predicted molar refractivity (Wildman–Crippen MR) is 86.0 cm³/mol. The second-order valence-corrected chi connectivity index (χ2v) is 5.99. The van der Waals surface area contributed by atoms with Crippen LogP contribution in [-0.2, 0) is 14.9 Å². The van der Waals surface area contributed by atoms with Crippen LogP contribution in [0.4, 0.5) is 5.69 Å². The van der Waals surface area contributed by atoms with Crippen molar-refractivity contribution < 1.29 is 9.53 Å². The molecule has 0 aromatic heterocycles. The van der Waals surface area contributed by atoms with Gasteiger partial charge in [0.25, 0.3) is 0 Å². The van der Waals surface area contributed by atoms with Gasteiger partial charge in [0.2, 0.25) is 5.91 Å². The van der Waals surface area contributed by atoms with Crippen LogP contribution < -0.4 is 10.6 Å². The van der Waals surface area contributed by atoms with Gasteiger partial charge in [0, 0.05) is 24.8 Å². The smallest absolute Gasteiger partial charge is 0.246 e. The van der Waals surface area contributed by atoms with Gasteiger partial charge >= 0.3 is 0 Å². The third kappa shape index (κ3) is 2.68. The molecule has 1 spiro atoms. The molecule has 1 fully saturated rings. The molecule has 4 nitrogen and oxygen atoms in total. The number of hydrogen-bond acceptors (Lipinski definition) is 3. The van der Waals surface area contributed by atoms with Crippen molar-refractivity contribution in [1.29, 1.82) is 0 Å². The molecule has 0 radical (unpaired) electrons. The molecule has 1 saturated carbocycles. The standard InChI is InChI=1S/C16H22N2O2.ClH/c1-20-10-13(17)15(19)18-11-16(8-4-5-9-16)12-6-2-3-7-14(12)18;/h2-3,6-7,13H,4-5,8-11,17H2,1H3;1H. The summed E-state index contributed by atoms with van der Waals surface area (Å²) in [5, 5.41) is 0. The molecule has 1 heterocycles. The first-order valence-electron chi connectivity index (χ1n) is 7.33. The van der Waals surface area contributed by atoms with E-state index in [0.717, 1.165) is 12.2 Å². The Labute approximate surface area is 132 Å². The Morgan fingerprint density at radius 2 is 2.05 bits per heavy atom. The van der Waals surface area contributed by atoms with Gasteiger partial charge in [-0.05, 0) is 24.5 Å². The molecule has 0 saturated heterocycles. The number of rotatable bonds is 3. The van der Waals surface area contributed by atoms with Gasteiger partial charge in [-0.2, -0.15) is 0 Å². The van der Waals surface area contributed by atoms with Crippen LogP contribution >= 0.6 is 12.4 Å². The molecule has 1 amide bonds. The van der Waals surface area contributed by atoms with Crippen molar-refractivity contribution in [3.63, 3.8) is 0 Å². The highest BCUT2D eigenvalue weighted by molar-refractivity contribution is 5.99. The summed E-state index contributed by atoms with van der Waals surface area (Å²) in [6.45, 7) is 1.05. The van der Waals surface area contributed by atoms with Gasteiger partial charge in [0.15, 0.2) is 0 Å². The lowest BCUT2D eigenvalue weighted by Gasteiger charge is -2.26. The van der Waals surface area contributed by atoms with E-state index in [9.17, 15) is 4.79 Å². The topological polar surface area (TPSA) is 55.6 Å². The van der Waals surface area contributed by atoms with Crippen LogP contribution in [0, 0.1) is 0 Å². The Balaban J connectivity index is 0.00000161. The molecule has 2 N–H and O–H groups in total. The van der Waals surface area contributed by atoms with E-state index >= 15 is 0 Å². The van der Waals surface area contributed by atoms with Crippen molar-refractivity contribution >= 4 is 24.0 Å². The minimum Gasteiger partial charge on any atom is -0.383 e. The quantitative estimate of drug-likeness (QED) is 0.931. The van der Waals surface area contributed by atoms with Crippen LogP contribution in [0.25, 0.3) is 0 Å². The summed E-state index contributed by atoms with van der Waals surface area (Å²) in [7, 11) is 1.57. The van der Waals surface area contributed by atoms with E-state index in [-0.39, 0.29) is 30.3 Å². The Morgan fingerprint density at radius 3 is 2.71 bits per heavy atom. The lowest BCUT2D eigenvalue weighted by atomic mass is 9.81. The number of nitrogens with zero attached hydrogens (tertiary/aromatic N) is 1. The molecule has 3 rings (SSSR count). The summed E-state index contributed by atoms with van der Waals surface area (Å²) in [4.78, 5) is 14.4. The molecule has 1 aliphatic heterocycles. The van der Waals surface area contributed by atoms with Gasteiger partial charge in [-0.3, -0.25) is 4.79 Å². The van der Waals surface area contributed by atoms with Crippen molar-refractivity contribution in [1.82, 2.24) is 0 Å². The van der Waals surface area contributed by atoms with Crippen LogP contribution in [0.2, 0.25) is 0 Å². The molecule has 5 heteroatoms. The molecule has 1 aromatic carbocycles. The fourth-order valence-electron chi connectivity index (χ4n) is 3.76. The van der Waals surface area contributed by atoms with E-state index in [4.69, 9.17) is 10.5 Å².